The molecule has 0 spiro atoms. The van der Waals surface area contributed by atoms with E-state index in [9.17, 15) is 8.78 Å². The van der Waals surface area contributed by atoms with Gasteiger partial charge in [-0.25, -0.2) is 8.78 Å². The summed E-state index contributed by atoms with van der Waals surface area (Å²) in [5.74, 6) is -0.479. The fraction of sp³-hybridized carbons (Fsp3) is 0.269. The number of halogens is 2. The highest BCUT2D eigenvalue weighted by atomic mass is 19.1. The van der Waals surface area contributed by atoms with E-state index in [0.717, 1.165) is 50.3 Å². The maximum atomic E-state index is 13.5. The minimum atomic E-state index is -0.240. The SMILES string of the molecule is Fc1ccc(C(c2ccc(F)cc2)N2CCN(CC[CH]c3ccccc3)CC2)cc1. The maximum absolute atomic E-state index is 13.5. The molecule has 0 aliphatic carbocycles. The predicted molar refractivity (Wildman–Crippen MR) is 117 cm³/mol. The average molecular weight is 406 g/mol. The normalized spacial score (nSPS) is 15.6. The third-order valence-electron chi connectivity index (χ3n) is 5.77. The van der Waals surface area contributed by atoms with Crippen molar-refractivity contribution >= 4 is 0 Å². The second kappa shape index (κ2) is 9.96. The lowest BCUT2D eigenvalue weighted by Gasteiger charge is -2.40. The highest BCUT2D eigenvalue weighted by Crippen LogP contribution is 2.30. The molecule has 4 rings (SSSR count). The summed E-state index contributed by atoms with van der Waals surface area (Å²) in [7, 11) is 0. The van der Waals surface area contributed by atoms with Crippen LogP contribution in [0, 0.1) is 18.1 Å². The molecular weight excluding hydrogens is 378 g/mol. The molecule has 155 valence electrons. The first-order valence-corrected chi connectivity index (χ1v) is 10.5. The van der Waals surface area contributed by atoms with Gasteiger partial charge in [-0.15, -0.1) is 0 Å². The van der Waals surface area contributed by atoms with Gasteiger partial charge in [0.15, 0.2) is 0 Å². The Kier molecular flexibility index (Phi) is 6.88. The van der Waals surface area contributed by atoms with Crippen LogP contribution in [0.2, 0.25) is 0 Å². The number of rotatable bonds is 7. The lowest BCUT2D eigenvalue weighted by molar-refractivity contribution is 0.110. The van der Waals surface area contributed by atoms with Gasteiger partial charge in [0.25, 0.3) is 0 Å². The van der Waals surface area contributed by atoms with E-state index in [1.807, 2.05) is 30.3 Å². The van der Waals surface area contributed by atoms with Gasteiger partial charge in [-0.2, -0.15) is 0 Å². The van der Waals surface area contributed by atoms with Gasteiger partial charge in [0.1, 0.15) is 11.6 Å². The Hall–Kier alpha value is -2.56. The molecule has 4 heteroatoms. The van der Waals surface area contributed by atoms with Gasteiger partial charge >= 0.3 is 0 Å². The third-order valence-corrected chi connectivity index (χ3v) is 5.77. The highest BCUT2D eigenvalue weighted by Gasteiger charge is 2.26. The second-order valence-electron chi connectivity index (χ2n) is 7.79. The number of piperazine rings is 1. The Bertz CT molecular complexity index is 857. The van der Waals surface area contributed by atoms with Crippen molar-refractivity contribution in [3.05, 3.63) is 114 Å². The fourth-order valence-electron chi connectivity index (χ4n) is 4.15. The maximum Gasteiger partial charge on any atom is 0.123 e. The standard InChI is InChI=1S/C26H27F2N2/c27-24-12-8-22(9-13-24)26(23-10-14-25(28)15-11-23)30-19-17-29(18-20-30)16-4-7-21-5-2-1-3-6-21/h1-3,5-15,26H,4,16-20H2. The minimum Gasteiger partial charge on any atom is -0.301 e. The van der Waals surface area contributed by atoms with Gasteiger partial charge in [-0.3, -0.25) is 4.90 Å². The highest BCUT2D eigenvalue weighted by molar-refractivity contribution is 5.32. The molecule has 1 aliphatic rings. The van der Waals surface area contributed by atoms with Crippen LogP contribution in [0.15, 0.2) is 78.9 Å². The van der Waals surface area contributed by atoms with Crippen molar-refractivity contribution in [2.24, 2.45) is 0 Å². The van der Waals surface area contributed by atoms with Gasteiger partial charge in [0.2, 0.25) is 0 Å². The zero-order chi connectivity index (χ0) is 20.8. The summed E-state index contributed by atoms with van der Waals surface area (Å²) in [6.45, 7) is 4.86. The number of hydrogen-bond donors (Lipinski definition) is 0. The van der Waals surface area contributed by atoms with Crippen LogP contribution in [0.4, 0.5) is 8.78 Å². The first-order valence-electron chi connectivity index (χ1n) is 10.5. The van der Waals surface area contributed by atoms with Gasteiger partial charge in [-0.05, 0) is 60.3 Å². The summed E-state index contributed by atoms with van der Waals surface area (Å²) in [4.78, 5) is 4.90. The molecule has 30 heavy (non-hydrogen) atoms. The zero-order valence-electron chi connectivity index (χ0n) is 17.1. The summed E-state index contributed by atoms with van der Waals surface area (Å²) in [5.41, 5.74) is 3.34. The number of nitrogens with zero attached hydrogens (tertiary/aromatic N) is 2. The number of benzene rings is 3. The molecule has 3 aromatic rings. The Morgan fingerprint density at radius 2 is 1.23 bits per heavy atom. The molecule has 1 radical (unpaired) electrons. The van der Waals surface area contributed by atoms with Crippen LogP contribution in [0.3, 0.4) is 0 Å². The molecule has 0 aromatic heterocycles. The van der Waals surface area contributed by atoms with Crippen molar-refractivity contribution in [1.29, 1.82) is 0 Å². The Morgan fingerprint density at radius 1 is 0.700 bits per heavy atom. The molecule has 0 atom stereocenters. The van der Waals surface area contributed by atoms with E-state index in [-0.39, 0.29) is 17.7 Å². The Balaban J connectivity index is 1.39. The average Bonchev–Trinajstić information content (AvgIpc) is 2.78. The van der Waals surface area contributed by atoms with Crippen molar-refractivity contribution < 1.29 is 8.78 Å². The van der Waals surface area contributed by atoms with Gasteiger partial charge < -0.3 is 4.90 Å². The number of hydrogen-bond acceptors (Lipinski definition) is 2. The van der Waals surface area contributed by atoms with Crippen LogP contribution in [-0.4, -0.2) is 42.5 Å². The molecule has 3 aromatic carbocycles. The van der Waals surface area contributed by atoms with Crippen molar-refractivity contribution in [2.75, 3.05) is 32.7 Å². The summed E-state index contributed by atoms with van der Waals surface area (Å²) in [5, 5.41) is 0. The van der Waals surface area contributed by atoms with E-state index in [1.165, 1.54) is 29.8 Å². The lowest BCUT2D eigenvalue weighted by atomic mass is 9.96. The predicted octanol–water partition coefficient (Wildman–Crippen LogP) is 5.31. The van der Waals surface area contributed by atoms with Crippen LogP contribution < -0.4 is 0 Å². The summed E-state index contributed by atoms with van der Waals surface area (Å²) < 4.78 is 26.9. The summed E-state index contributed by atoms with van der Waals surface area (Å²) >= 11 is 0. The first-order chi connectivity index (χ1) is 14.7. The first kappa shape index (κ1) is 20.7. The quantitative estimate of drug-likeness (QED) is 0.525. The van der Waals surface area contributed by atoms with E-state index in [2.05, 4.69) is 40.5 Å². The Labute approximate surface area is 177 Å². The van der Waals surface area contributed by atoms with Gasteiger partial charge in [-0.1, -0.05) is 54.6 Å². The molecule has 1 aliphatic heterocycles. The Morgan fingerprint density at radius 3 is 1.77 bits per heavy atom. The largest absolute Gasteiger partial charge is 0.301 e. The van der Waals surface area contributed by atoms with Crippen LogP contribution in [0.1, 0.15) is 29.2 Å². The van der Waals surface area contributed by atoms with E-state index >= 15 is 0 Å². The van der Waals surface area contributed by atoms with Crippen LogP contribution >= 0.6 is 0 Å². The molecule has 0 N–H and O–H groups in total. The van der Waals surface area contributed by atoms with E-state index in [0.29, 0.717) is 0 Å². The van der Waals surface area contributed by atoms with Gasteiger partial charge in [0.05, 0.1) is 6.04 Å². The topological polar surface area (TPSA) is 6.48 Å². The molecule has 0 bridgehead atoms. The lowest BCUT2D eigenvalue weighted by Crippen LogP contribution is -2.48. The van der Waals surface area contributed by atoms with E-state index in [4.69, 9.17) is 0 Å². The molecule has 2 nitrogen and oxygen atoms in total. The van der Waals surface area contributed by atoms with Gasteiger partial charge in [0, 0.05) is 26.2 Å². The van der Waals surface area contributed by atoms with Crippen molar-refractivity contribution in [1.82, 2.24) is 9.80 Å². The molecule has 1 heterocycles. The minimum absolute atomic E-state index is 0.00392. The molecule has 0 unspecified atom stereocenters. The molecule has 0 saturated carbocycles. The zero-order valence-corrected chi connectivity index (χ0v) is 17.1. The molecular formula is C26H27F2N2. The third kappa shape index (κ3) is 5.32. The summed E-state index contributed by atoms with van der Waals surface area (Å²) in [6.07, 6.45) is 3.32. The second-order valence-corrected chi connectivity index (χ2v) is 7.79. The van der Waals surface area contributed by atoms with Crippen LogP contribution in [0.25, 0.3) is 0 Å². The van der Waals surface area contributed by atoms with E-state index in [1.54, 1.807) is 0 Å². The van der Waals surface area contributed by atoms with Crippen LogP contribution in [-0.2, 0) is 0 Å². The van der Waals surface area contributed by atoms with Crippen molar-refractivity contribution in [3.63, 3.8) is 0 Å². The van der Waals surface area contributed by atoms with Crippen molar-refractivity contribution in [2.45, 2.75) is 12.5 Å². The smallest absolute Gasteiger partial charge is 0.123 e. The fourth-order valence-corrected chi connectivity index (χ4v) is 4.15. The molecule has 0 amide bonds. The molecule has 1 saturated heterocycles. The van der Waals surface area contributed by atoms with Crippen LogP contribution in [0.5, 0.6) is 0 Å². The van der Waals surface area contributed by atoms with Crippen molar-refractivity contribution in [3.8, 4) is 0 Å². The molecule has 1 fully saturated rings. The monoisotopic (exact) mass is 405 g/mol. The summed E-state index contributed by atoms with van der Waals surface area (Å²) in [6, 6.07) is 23.8. The van der Waals surface area contributed by atoms with E-state index < -0.39 is 0 Å².